The van der Waals surface area contributed by atoms with Gasteiger partial charge in [-0.25, -0.2) is 0 Å². The first-order valence-corrected chi connectivity index (χ1v) is 9.73. The summed E-state index contributed by atoms with van der Waals surface area (Å²) < 4.78 is 4.82. The molecule has 0 rings (SSSR count). The van der Waals surface area contributed by atoms with Gasteiger partial charge in [0.25, 0.3) is 0 Å². The molecule has 142 valence electrons. The van der Waals surface area contributed by atoms with Crippen LogP contribution in [0.2, 0.25) is 0 Å². The van der Waals surface area contributed by atoms with E-state index in [0.29, 0.717) is 0 Å². The van der Waals surface area contributed by atoms with Crippen molar-refractivity contribution in [3.63, 3.8) is 0 Å². The summed E-state index contributed by atoms with van der Waals surface area (Å²) in [5.74, 6) is -1.46. The predicted molar refractivity (Wildman–Crippen MR) is 97.8 cm³/mol. The van der Waals surface area contributed by atoms with Gasteiger partial charge in [-0.2, -0.15) is 0 Å². The number of carbonyl (C=O) groups excluding carboxylic acids is 1. The molecule has 5 heteroatoms. The first kappa shape index (κ1) is 26.5. The molecule has 0 fully saturated rings. The first-order chi connectivity index (χ1) is 11.7. The Hall–Kier alpha value is -0.697. The van der Waals surface area contributed by atoms with Crippen LogP contribution in [-0.4, -0.2) is 17.0 Å². The van der Waals surface area contributed by atoms with Crippen molar-refractivity contribution in [2.24, 2.45) is 0 Å². The number of esters is 1. The molecule has 1 N–H and O–H groups in total. The molecule has 25 heavy (non-hydrogen) atoms. The van der Waals surface area contributed by atoms with E-state index in [4.69, 9.17) is 9.84 Å². The maximum Gasteiger partial charge on any atom is 0.311 e. The van der Waals surface area contributed by atoms with E-state index in [0.717, 1.165) is 12.8 Å². The molecule has 0 atom stereocenters. The monoisotopic (exact) mass is 404 g/mol. The van der Waals surface area contributed by atoms with Crippen molar-refractivity contribution in [2.75, 3.05) is 0 Å². The zero-order chi connectivity index (χ0) is 17.9. The molecular formula is C20H36O4Zn. The number of rotatable bonds is 17. The fourth-order valence-electron chi connectivity index (χ4n) is 2.56. The molecule has 0 aromatic heterocycles. The van der Waals surface area contributed by atoms with Gasteiger partial charge < -0.3 is 9.84 Å². The Morgan fingerprint density at radius 2 is 1.28 bits per heavy atom. The summed E-state index contributed by atoms with van der Waals surface area (Å²) in [5.41, 5.74) is 0. The number of ether oxygens (including phenoxy) is 1. The Balaban J connectivity index is 0. The number of carboxylic acid groups (broad SMARTS) is 1. The van der Waals surface area contributed by atoms with Crippen LogP contribution in [0.25, 0.3) is 0 Å². The summed E-state index contributed by atoms with van der Waals surface area (Å²) in [6, 6.07) is 0. The summed E-state index contributed by atoms with van der Waals surface area (Å²) in [7, 11) is 0. The summed E-state index contributed by atoms with van der Waals surface area (Å²) in [6.45, 7) is 2.25. The zero-order valence-electron chi connectivity index (χ0n) is 16.1. The topological polar surface area (TPSA) is 63.6 Å². The molecule has 0 aliphatic heterocycles. The van der Waals surface area contributed by atoms with Gasteiger partial charge in [0.05, 0.1) is 19.1 Å². The van der Waals surface area contributed by atoms with Crippen LogP contribution in [0.5, 0.6) is 0 Å². The molecule has 0 aliphatic carbocycles. The van der Waals surface area contributed by atoms with Crippen molar-refractivity contribution < 1.29 is 38.9 Å². The minimum absolute atomic E-state index is 0. The van der Waals surface area contributed by atoms with Crippen molar-refractivity contribution in [1.82, 2.24) is 0 Å². The molecule has 0 heterocycles. The summed E-state index contributed by atoms with van der Waals surface area (Å²) in [6.07, 6.45) is 19.8. The van der Waals surface area contributed by atoms with Gasteiger partial charge in [-0.1, -0.05) is 77.6 Å². The van der Waals surface area contributed by atoms with E-state index >= 15 is 0 Å². The third kappa shape index (κ3) is 23.3. The second-order valence-corrected chi connectivity index (χ2v) is 6.43. The molecule has 0 unspecified atom stereocenters. The number of aliphatic carboxylic acids is 1. The predicted octanol–water partition coefficient (Wildman–Crippen LogP) is 6.00. The Morgan fingerprint density at radius 1 is 0.800 bits per heavy atom. The average Bonchev–Trinajstić information content (AvgIpc) is 2.56. The quantitative estimate of drug-likeness (QED) is 0.139. The number of carboxylic acids is 1. The van der Waals surface area contributed by atoms with Crippen molar-refractivity contribution >= 4 is 11.9 Å². The number of carbonyl (C=O) groups is 2. The third-order valence-corrected chi connectivity index (χ3v) is 4.06. The molecular weight excluding hydrogens is 370 g/mol. The van der Waals surface area contributed by atoms with Crippen molar-refractivity contribution in [2.45, 2.75) is 103 Å². The molecule has 0 aromatic carbocycles. The Kier molecular flexibility index (Phi) is 22.7. The molecule has 0 aliphatic rings. The van der Waals surface area contributed by atoms with Crippen molar-refractivity contribution in [3.8, 4) is 0 Å². The fraction of sp³-hybridized carbons (Fsp3) is 0.800. The van der Waals surface area contributed by atoms with Crippen LogP contribution in [0.3, 0.4) is 0 Å². The van der Waals surface area contributed by atoms with Crippen molar-refractivity contribution in [1.29, 1.82) is 0 Å². The maximum absolute atomic E-state index is 11.1. The van der Waals surface area contributed by atoms with E-state index in [1.165, 1.54) is 76.9 Å². The van der Waals surface area contributed by atoms with Crippen LogP contribution in [0.4, 0.5) is 0 Å². The van der Waals surface area contributed by atoms with E-state index in [9.17, 15) is 9.59 Å². The molecule has 0 bridgehead atoms. The largest absolute Gasteiger partial charge is 0.481 e. The van der Waals surface area contributed by atoms with Gasteiger partial charge in [-0.05, 0) is 18.9 Å². The van der Waals surface area contributed by atoms with Crippen molar-refractivity contribution in [3.05, 3.63) is 12.3 Å². The minimum atomic E-state index is -0.979. The summed E-state index contributed by atoms with van der Waals surface area (Å²) >= 11 is 0. The first-order valence-electron chi connectivity index (χ1n) is 9.73. The number of hydrogen-bond donors (Lipinski definition) is 1. The Labute approximate surface area is 166 Å². The molecule has 4 nitrogen and oxygen atoms in total. The van der Waals surface area contributed by atoms with Crippen LogP contribution in [0.1, 0.15) is 103 Å². The van der Waals surface area contributed by atoms with E-state index in [-0.39, 0.29) is 32.3 Å². The number of hydrogen-bond acceptors (Lipinski definition) is 3. The minimum Gasteiger partial charge on any atom is -0.481 e. The number of unbranched alkanes of at least 4 members (excludes halogenated alkanes) is 12. The van der Waals surface area contributed by atoms with Gasteiger partial charge in [-0.15, -0.1) is 0 Å². The standard InChI is InChI=1S/C20H36O4.Zn/c1-2-3-4-5-6-7-8-9-10-11-12-13-14-15-18-24-20(23)17-16-19(21)22;/h15,18H,2-14,16-17H2,1H3,(H,21,22);. The van der Waals surface area contributed by atoms with Crippen LogP contribution in [-0.2, 0) is 33.8 Å². The van der Waals surface area contributed by atoms with Crippen LogP contribution < -0.4 is 0 Å². The smallest absolute Gasteiger partial charge is 0.311 e. The van der Waals surface area contributed by atoms with Gasteiger partial charge in [0, 0.05) is 19.5 Å². The Bertz CT molecular complexity index is 343. The van der Waals surface area contributed by atoms with Gasteiger partial charge in [0.1, 0.15) is 0 Å². The third-order valence-electron chi connectivity index (χ3n) is 4.06. The molecule has 0 spiro atoms. The molecule has 0 amide bonds. The SMILES string of the molecule is CCCCCCCCCCCCCCC=COC(=O)CCC(=O)O.[Zn]. The maximum atomic E-state index is 11.1. The van der Waals surface area contributed by atoms with E-state index < -0.39 is 11.9 Å². The summed E-state index contributed by atoms with van der Waals surface area (Å²) in [4.78, 5) is 21.4. The second-order valence-electron chi connectivity index (χ2n) is 6.43. The van der Waals surface area contributed by atoms with Gasteiger partial charge in [-0.3, -0.25) is 9.59 Å². The van der Waals surface area contributed by atoms with Crippen LogP contribution >= 0.6 is 0 Å². The fourth-order valence-corrected chi connectivity index (χ4v) is 2.56. The van der Waals surface area contributed by atoms with E-state index in [2.05, 4.69) is 6.92 Å². The normalized spacial score (nSPS) is 10.6. The second kappa shape index (κ2) is 21.3. The Morgan fingerprint density at radius 3 is 1.76 bits per heavy atom. The average molecular weight is 406 g/mol. The van der Waals surface area contributed by atoms with Gasteiger partial charge >= 0.3 is 11.9 Å². The molecule has 0 aromatic rings. The molecule has 0 saturated heterocycles. The van der Waals surface area contributed by atoms with Crippen LogP contribution in [0, 0.1) is 0 Å². The van der Waals surface area contributed by atoms with Crippen LogP contribution in [0.15, 0.2) is 12.3 Å². The van der Waals surface area contributed by atoms with E-state index in [1.807, 2.05) is 6.08 Å². The molecule has 0 radical (unpaired) electrons. The zero-order valence-corrected chi connectivity index (χ0v) is 19.1. The summed E-state index contributed by atoms with van der Waals surface area (Å²) in [5, 5.41) is 8.44. The van der Waals surface area contributed by atoms with Gasteiger partial charge in [0.15, 0.2) is 0 Å². The molecule has 0 saturated carbocycles. The van der Waals surface area contributed by atoms with E-state index in [1.54, 1.807) is 0 Å². The number of allylic oxidation sites excluding steroid dienone is 1. The van der Waals surface area contributed by atoms with Gasteiger partial charge in [0.2, 0.25) is 0 Å².